The van der Waals surface area contributed by atoms with Crippen molar-refractivity contribution >= 4 is 23.6 Å². The Kier molecular flexibility index (Phi) is 5.87. The van der Waals surface area contributed by atoms with Crippen molar-refractivity contribution in [2.24, 2.45) is 0 Å². The molecule has 2 rings (SSSR count). The third-order valence-electron chi connectivity index (χ3n) is 3.35. The molecule has 0 bridgehead atoms. The maximum Gasteiger partial charge on any atom is 0.311 e. The molecule has 0 fully saturated rings. The summed E-state index contributed by atoms with van der Waals surface area (Å²) in [5.74, 6) is -0.240. The van der Waals surface area contributed by atoms with Gasteiger partial charge < -0.3 is 14.8 Å². The standard InChI is InChI=1S/C17H19NO4S/c1-11-9-22-14(7-15(19)20)16(11)17(21)18-8-12-4-3-5-13(6-12)10-23-2/h3-6,9H,7-8,10H2,1-2H3,(H,18,21)(H,19,20). The summed E-state index contributed by atoms with van der Waals surface area (Å²) < 4.78 is 5.19. The quantitative estimate of drug-likeness (QED) is 0.814. The molecule has 0 saturated heterocycles. The van der Waals surface area contributed by atoms with Gasteiger partial charge in [0.15, 0.2) is 0 Å². The van der Waals surface area contributed by atoms with Gasteiger partial charge in [0.05, 0.1) is 11.8 Å². The highest BCUT2D eigenvalue weighted by Crippen LogP contribution is 2.18. The number of rotatable bonds is 7. The molecule has 0 radical (unpaired) electrons. The van der Waals surface area contributed by atoms with Crippen molar-refractivity contribution in [3.63, 3.8) is 0 Å². The summed E-state index contributed by atoms with van der Waals surface area (Å²) in [5, 5.41) is 11.7. The number of carbonyl (C=O) groups is 2. The number of carboxylic acid groups (broad SMARTS) is 1. The summed E-state index contributed by atoms with van der Waals surface area (Å²) in [6.07, 6.45) is 3.15. The first-order chi connectivity index (χ1) is 11.0. The van der Waals surface area contributed by atoms with Gasteiger partial charge in [0.25, 0.3) is 5.91 Å². The summed E-state index contributed by atoms with van der Waals surface area (Å²) >= 11 is 1.74. The van der Waals surface area contributed by atoms with Crippen molar-refractivity contribution in [2.75, 3.05) is 6.26 Å². The van der Waals surface area contributed by atoms with Crippen molar-refractivity contribution in [2.45, 2.75) is 25.6 Å². The average Bonchev–Trinajstić information content (AvgIpc) is 2.85. The van der Waals surface area contributed by atoms with Crippen molar-refractivity contribution < 1.29 is 19.1 Å². The average molecular weight is 333 g/mol. The minimum Gasteiger partial charge on any atom is -0.481 e. The van der Waals surface area contributed by atoms with E-state index in [0.29, 0.717) is 17.7 Å². The summed E-state index contributed by atoms with van der Waals surface area (Å²) in [7, 11) is 0. The molecule has 0 aliphatic rings. The van der Waals surface area contributed by atoms with Crippen molar-refractivity contribution in [1.29, 1.82) is 0 Å². The van der Waals surface area contributed by atoms with Gasteiger partial charge in [0.1, 0.15) is 12.2 Å². The molecule has 0 aliphatic carbocycles. The Balaban J connectivity index is 2.06. The first-order valence-corrected chi connectivity index (χ1v) is 8.54. The van der Waals surface area contributed by atoms with Crippen molar-refractivity contribution in [1.82, 2.24) is 5.32 Å². The fourth-order valence-electron chi connectivity index (χ4n) is 2.34. The van der Waals surface area contributed by atoms with E-state index in [4.69, 9.17) is 9.52 Å². The molecule has 1 heterocycles. The second-order valence-corrected chi connectivity index (χ2v) is 6.09. The largest absolute Gasteiger partial charge is 0.481 e. The first-order valence-electron chi connectivity index (χ1n) is 7.15. The number of hydrogen-bond acceptors (Lipinski definition) is 4. The van der Waals surface area contributed by atoms with Crippen LogP contribution in [0.15, 0.2) is 34.9 Å². The Morgan fingerprint density at radius 1 is 1.30 bits per heavy atom. The molecular formula is C17H19NO4S. The minimum absolute atomic E-state index is 0.184. The van der Waals surface area contributed by atoms with Gasteiger partial charge >= 0.3 is 5.97 Å². The van der Waals surface area contributed by atoms with Crippen LogP contribution in [0.2, 0.25) is 0 Å². The molecule has 122 valence electrons. The fourth-order valence-corrected chi connectivity index (χ4v) is 2.85. The molecule has 23 heavy (non-hydrogen) atoms. The maximum atomic E-state index is 12.3. The van der Waals surface area contributed by atoms with Gasteiger partial charge in [0.2, 0.25) is 0 Å². The third-order valence-corrected chi connectivity index (χ3v) is 3.97. The molecule has 0 saturated carbocycles. The second-order valence-electron chi connectivity index (χ2n) is 5.22. The van der Waals surface area contributed by atoms with E-state index in [0.717, 1.165) is 11.3 Å². The number of benzene rings is 1. The smallest absolute Gasteiger partial charge is 0.311 e. The number of furan rings is 1. The number of nitrogens with one attached hydrogen (secondary N) is 1. The number of amides is 1. The summed E-state index contributed by atoms with van der Waals surface area (Å²) in [4.78, 5) is 23.2. The molecule has 0 aliphatic heterocycles. The molecule has 0 unspecified atom stereocenters. The van der Waals surface area contributed by atoms with Gasteiger partial charge in [-0.2, -0.15) is 11.8 Å². The molecule has 6 heteroatoms. The lowest BCUT2D eigenvalue weighted by Crippen LogP contribution is -2.24. The van der Waals surface area contributed by atoms with Crippen LogP contribution in [-0.2, 0) is 23.5 Å². The number of carbonyl (C=O) groups excluding carboxylic acids is 1. The molecule has 1 aromatic heterocycles. The van der Waals surface area contributed by atoms with Gasteiger partial charge in [-0.1, -0.05) is 24.3 Å². The molecule has 0 atom stereocenters. The molecule has 1 aromatic carbocycles. The fraction of sp³-hybridized carbons (Fsp3) is 0.294. The lowest BCUT2D eigenvalue weighted by Gasteiger charge is -2.08. The van der Waals surface area contributed by atoms with E-state index in [1.54, 1.807) is 18.7 Å². The van der Waals surface area contributed by atoms with Crippen LogP contribution in [0.1, 0.15) is 32.8 Å². The van der Waals surface area contributed by atoms with Gasteiger partial charge in [-0.3, -0.25) is 9.59 Å². The molecule has 0 spiro atoms. The lowest BCUT2D eigenvalue weighted by atomic mass is 10.1. The third kappa shape index (κ3) is 4.63. The predicted molar refractivity (Wildman–Crippen MR) is 89.6 cm³/mol. The van der Waals surface area contributed by atoms with Crippen LogP contribution in [0, 0.1) is 6.92 Å². The van der Waals surface area contributed by atoms with E-state index in [1.165, 1.54) is 11.8 Å². The molecular weight excluding hydrogens is 314 g/mol. The number of aliphatic carboxylic acids is 1. The topological polar surface area (TPSA) is 79.5 Å². The highest BCUT2D eigenvalue weighted by Gasteiger charge is 2.20. The number of carboxylic acids is 1. The Morgan fingerprint density at radius 3 is 2.74 bits per heavy atom. The zero-order valence-corrected chi connectivity index (χ0v) is 13.9. The van der Waals surface area contributed by atoms with Crippen LogP contribution in [-0.4, -0.2) is 23.2 Å². The van der Waals surface area contributed by atoms with E-state index in [-0.39, 0.29) is 18.1 Å². The highest BCUT2D eigenvalue weighted by atomic mass is 32.2. The van der Waals surface area contributed by atoms with E-state index in [1.807, 2.05) is 24.5 Å². The Labute approximate surface area is 139 Å². The number of thioether (sulfide) groups is 1. The van der Waals surface area contributed by atoms with Crippen LogP contribution in [0.5, 0.6) is 0 Å². The summed E-state index contributed by atoms with van der Waals surface area (Å²) in [6.45, 7) is 2.11. The number of hydrogen-bond donors (Lipinski definition) is 2. The zero-order valence-electron chi connectivity index (χ0n) is 13.1. The first kappa shape index (κ1) is 17.1. The van der Waals surface area contributed by atoms with Gasteiger partial charge in [-0.15, -0.1) is 0 Å². The van der Waals surface area contributed by atoms with Gasteiger partial charge in [-0.25, -0.2) is 0 Å². The minimum atomic E-state index is -1.03. The van der Waals surface area contributed by atoms with Gasteiger partial charge in [0, 0.05) is 17.9 Å². The van der Waals surface area contributed by atoms with Crippen LogP contribution in [0.3, 0.4) is 0 Å². The summed E-state index contributed by atoms with van der Waals surface area (Å²) in [5.41, 5.74) is 3.16. The Bertz CT molecular complexity index is 708. The molecule has 5 nitrogen and oxygen atoms in total. The molecule has 1 amide bonds. The maximum absolute atomic E-state index is 12.3. The van der Waals surface area contributed by atoms with Crippen molar-refractivity contribution in [3.8, 4) is 0 Å². The Morgan fingerprint density at radius 2 is 2.04 bits per heavy atom. The Hall–Kier alpha value is -2.21. The van der Waals surface area contributed by atoms with Crippen LogP contribution in [0.4, 0.5) is 0 Å². The predicted octanol–water partition coefficient (Wildman–Crippen LogP) is 3.01. The normalized spacial score (nSPS) is 10.5. The van der Waals surface area contributed by atoms with Crippen LogP contribution < -0.4 is 5.32 Å². The second kappa shape index (κ2) is 7.87. The van der Waals surface area contributed by atoms with E-state index in [9.17, 15) is 9.59 Å². The van der Waals surface area contributed by atoms with E-state index < -0.39 is 5.97 Å². The monoisotopic (exact) mass is 333 g/mol. The van der Waals surface area contributed by atoms with E-state index >= 15 is 0 Å². The molecule has 2 N–H and O–H groups in total. The van der Waals surface area contributed by atoms with Crippen LogP contribution in [0.25, 0.3) is 0 Å². The zero-order chi connectivity index (χ0) is 16.8. The highest BCUT2D eigenvalue weighted by molar-refractivity contribution is 7.97. The molecule has 2 aromatic rings. The van der Waals surface area contributed by atoms with Crippen molar-refractivity contribution in [3.05, 3.63) is 58.5 Å². The van der Waals surface area contributed by atoms with Gasteiger partial charge in [-0.05, 0) is 24.3 Å². The lowest BCUT2D eigenvalue weighted by molar-refractivity contribution is -0.136. The number of aryl methyl sites for hydroxylation is 1. The van der Waals surface area contributed by atoms with E-state index in [2.05, 4.69) is 11.4 Å². The SMILES string of the molecule is CSCc1cccc(CNC(=O)c2c(C)coc2CC(=O)O)c1. The summed E-state index contributed by atoms with van der Waals surface area (Å²) in [6, 6.07) is 8.01. The van der Waals surface area contributed by atoms with Crippen LogP contribution >= 0.6 is 11.8 Å².